The molecule has 0 aliphatic rings. The van der Waals surface area contributed by atoms with Gasteiger partial charge >= 0.3 is 18.0 Å². The van der Waals surface area contributed by atoms with E-state index in [1.165, 1.54) is 6.07 Å². The van der Waals surface area contributed by atoms with Crippen LogP contribution >= 0.6 is 0 Å². The summed E-state index contributed by atoms with van der Waals surface area (Å²) in [7, 11) is -5.54. The Balaban J connectivity index is 2.02. The lowest BCUT2D eigenvalue weighted by Crippen LogP contribution is -2.56. The molecule has 35 heavy (non-hydrogen) atoms. The Morgan fingerprint density at radius 2 is 1.26 bits per heavy atom. The molecule has 0 unspecified atom stereocenters. The molecular weight excluding hydrogens is 507 g/mol. The molecule has 3 aromatic rings. The summed E-state index contributed by atoms with van der Waals surface area (Å²) in [6.45, 7) is 0. The highest BCUT2D eigenvalue weighted by Crippen LogP contribution is 2.54. The molecule has 0 aliphatic carbocycles. The Morgan fingerprint density at radius 3 is 1.74 bits per heavy atom. The Hall–Kier alpha value is -3.45. The van der Waals surface area contributed by atoms with Crippen LogP contribution in [-0.2, 0) is 19.9 Å². The lowest BCUT2D eigenvalue weighted by molar-refractivity contribution is -0.364. The van der Waals surface area contributed by atoms with Crippen molar-refractivity contribution in [2.75, 3.05) is 5.32 Å². The third kappa shape index (κ3) is 5.30. The van der Waals surface area contributed by atoms with Crippen LogP contribution in [-0.4, -0.2) is 26.7 Å². The van der Waals surface area contributed by atoms with E-state index in [0.29, 0.717) is 24.3 Å². The minimum atomic E-state index is -6.26. The van der Waals surface area contributed by atoms with Crippen LogP contribution in [0.25, 0.3) is 0 Å². The van der Waals surface area contributed by atoms with E-state index in [4.69, 9.17) is 0 Å². The zero-order chi connectivity index (χ0) is 26.1. The molecule has 3 aromatic carbocycles. The number of hydrogen-bond acceptors (Lipinski definition) is 4. The number of hydrogen-bond donors (Lipinski definition) is 1. The average Bonchev–Trinajstić information content (AvgIpc) is 2.77. The van der Waals surface area contributed by atoms with E-state index in [0.717, 1.165) is 48.5 Å². The smallest absolute Gasteiger partial charge is 0.322 e. The van der Waals surface area contributed by atoms with Crippen molar-refractivity contribution in [3.05, 3.63) is 95.8 Å². The quantitative estimate of drug-likeness (QED) is 0.329. The minimum absolute atomic E-state index is 0.0345. The van der Waals surface area contributed by atoms with Crippen molar-refractivity contribution in [2.45, 2.75) is 22.8 Å². The largest absolute Gasteiger partial charge is 0.432 e. The maximum Gasteiger partial charge on any atom is 0.432 e. The van der Waals surface area contributed by atoms with E-state index < -0.39 is 50.3 Å². The van der Waals surface area contributed by atoms with Crippen LogP contribution in [0.4, 0.5) is 36.4 Å². The molecule has 0 heterocycles. The van der Waals surface area contributed by atoms with Gasteiger partial charge in [-0.05, 0) is 48.5 Å². The summed E-state index contributed by atoms with van der Waals surface area (Å²) in [6, 6.07) is 11.3. The number of anilines is 1. The van der Waals surface area contributed by atoms with Gasteiger partial charge in [0.15, 0.2) is 0 Å². The number of nitrogens with one attached hydrogen (secondary N) is 1. The normalized spacial score (nSPS) is 12.9. The predicted octanol–water partition coefficient (Wildman–Crippen LogP) is 5.80. The molecule has 0 spiro atoms. The SMILES string of the molecule is O=C(Nc1ccc(C(OS(=O)(=O)c2ccccc2)(C(F)(F)F)C(F)(F)F)cc1)c1ccc(F)cc1. The van der Waals surface area contributed by atoms with E-state index in [9.17, 15) is 43.9 Å². The van der Waals surface area contributed by atoms with E-state index in [1.54, 1.807) is 0 Å². The van der Waals surface area contributed by atoms with Gasteiger partial charge in [-0.1, -0.05) is 30.3 Å². The van der Waals surface area contributed by atoms with Gasteiger partial charge in [-0.15, -0.1) is 0 Å². The summed E-state index contributed by atoms with van der Waals surface area (Å²) in [4.78, 5) is 11.3. The van der Waals surface area contributed by atoms with E-state index >= 15 is 0 Å². The van der Waals surface area contributed by atoms with Crippen LogP contribution in [0.2, 0.25) is 0 Å². The molecule has 1 amide bonds. The average molecular weight is 521 g/mol. The molecule has 0 fully saturated rings. The van der Waals surface area contributed by atoms with Gasteiger partial charge in [0.05, 0.1) is 4.90 Å². The Bertz CT molecular complexity index is 1270. The van der Waals surface area contributed by atoms with Crippen LogP contribution in [0.3, 0.4) is 0 Å². The fourth-order valence-corrected chi connectivity index (χ4v) is 4.22. The molecule has 0 aromatic heterocycles. The number of alkyl halides is 6. The number of rotatable bonds is 6. The minimum Gasteiger partial charge on any atom is -0.322 e. The highest BCUT2D eigenvalue weighted by atomic mass is 32.2. The van der Waals surface area contributed by atoms with Crippen molar-refractivity contribution in [3.63, 3.8) is 0 Å². The first-order valence-electron chi connectivity index (χ1n) is 9.49. The maximum absolute atomic E-state index is 14.0. The fraction of sp³-hybridized carbons (Fsp3) is 0.136. The molecule has 0 radical (unpaired) electrons. The lowest BCUT2D eigenvalue weighted by Gasteiger charge is -2.36. The van der Waals surface area contributed by atoms with Gasteiger partial charge in [0.25, 0.3) is 16.0 Å². The summed E-state index contributed by atoms with van der Waals surface area (Å²) in [5.74, 6) is -1.45. The van der Waals surface area contributed by atoms with Gasteiger partial charge < -0.3 is 5.32 Å². The number of carbonyl (C=O) groups is 1. The molecule has 0 bridgehead atoms. The first-order valence-corrected chi connectivity index (χ1v) is 10.9. The van der Waals surface area contributed by atoms with Crippen LogP contribution in [0.15, 0.2) is 83.8 Å². The summed E-state index contributed by atoms with van der Waals surface area (Å²) >= 11 is 0. The van der Waals surface area contributed by atoms with Gasteiger partial charge in [0.2, 0.25) is 0 Å². The van der Waals surface area contributed by atoms with Crippen molar-refractivity contribution in [1.29, 1.82) is 0 Å². The second-order valence-corrected chi connectivity index (χ2v) is 8.61. The lowest BCUT2D eigenvalue weighted by atomic mass is 9.92. The first-order chi connectivity index (χ1) is 16.2. The highest BCUT2D eigenvalue weighted by molar-refractivity contribution is 7.86. The van der Waals surface area contributed by atoms with Crippen LogP contribution in [0.5, 0.6) is 0 Å². The fourth-order valence-electron chi connectivity index (χ4n) is 3.02. The number of amides is 1. The zero-order valence-electron chi connectivity index (χ0n) is 17.2. The standard InChI is InChI=1S/C22H14F7NO4S/c23-16-10-6-14(7-11-16)19(31)30-17-12-8-15(9-13-17)20(21(24,25)26,22(27,28)29)34-35(32,33)18-4-2-1-3-5-18/h1-13H,(H,30,31). The number of benzene rings is 3. The molecule has 1 N–H and O–H groups in total. The van der Waals surface area contributed by atoms with Gasteiger partial charge in [-0.3, -0.25) is 4.79 Å². The van der Waals surface area contributed by atoms with E-state index in [-0.39, 0.29) is 11.3 Å². The first kappa shape index (κ1) is 26.2. The Morgan fingerprint density at radius 1 is 0.743 bits per heavy atom. The third-order valence-electron chi connectivity index (χ3n) is 4.72. The topological polar surface area (TPSA) is 72.5 Å². The molecule has 3 rings (SSSR count). The second kappa shape index (κ2) is 9.30. The molecule has 0 saturated carbocycles. The van der Waals surface area contributed by atoms with Crippen molar-refractivity contribution in [3.8, 4) is 0 Å². The van der Waals surface area contributed by atoms with Crippen molar-refractivity contribution < 1.29 is 48.1 Å². The number of carbonyl (C=O) groups excluding carboxylic acids is 1. The Labute approximate surface area is 194 Å². The molecule has 0 saturated heterocycles. The van der Waals surface area contributed by atoms with Crippen LogP contribution in [0, 0.1) is 5.82 Å². The van der Waals surface area contributed by atoms with Crippen molar-refractivity contribution in [1.82, 2.24) is 0 Å². The van der Waals surface area contributed by atoms with Crippen LogP contribution < -0.4 is 5.32 Å². The predicted molar refractivity (Wildman–Crippen MR) is 109 cm³/mol. The van der Waals surface area contributed by atoms with Crippen molar-refractivity contribution >= 4 is 21.7 Å². The second-order valence-electron chi connectivity index (χ2n) is 7.07. The molecule has 186 valence electrons. The van der Waals surface area contributed by atoms with Crippen molar-refractivity contribution in [2.24, 2.45) is 0 Å². The molecule has 0 aliphatic heterocycles. The molecule has 0 atom stereocenters. The monoisotopic (exact) mass is 521 g/mol. The third-order valence-corrected chi connectivity index (χ3v) is 6.04. The summed E-state index contributed by atoms with van der Waals surface area (Å²) in [6.07, 6.45) is -12.5. The molecule has 13 heteroatoms. The van der Waals surface area contributed by atoms with Gasteiger partial charge in [-0.2, -0.15) is 34.8 Å². The molecular formula is C22H14F7NO4S. The van der Waals surface area contributed by atoms with Gasteiger partial charge in [0, 0.05) is 16.8 Å². The summed E-state index contributed by atoms with van der Waals surface area (Å²) in [5.41, 5.74) is -7.08. The van der Waals surface area contributed by atoms with Crippen LogP contribution in [0.1, 0.15) is 15.9 Å². The molecule has 5 nitrogen and oxygen atoms in total. The highest BCUT2D eigenvalue weighted by Gasteiger charge is 2.75. The van der Waals surface area contributed by atoms with E-state index in [1.807, 2.05) is 0 Å². The van der Waals surface area contributed by atoms with E-state index in [2.05, 4.69) is 9.50 Å². The summed E-state index contributed by atoms with van der Waals surface area (Å²) < 4.78 is 125. The van der Waals surface area contributed by atoms with Gasteiger partial charge in [-0.25, -0.2) is 8.57 Å². The summed E-state index contributed by atoms with van der Waals surface area (Å²) in [5, 5.41) is 2.22. The van der Waals surface area contributed by atoms with Gasteiger partial charge in [0.1, 0.15) is 5.82 Å². The number of halogens is 7. The zero-order valence-corrected chi connectivity index (χ0v) is 18.0. The Kier molecular flexibility index (Phi) is 6.95. The maximum atomic E-state index is 14.0.